The zero-order valence-electron chi connectivity index (χ0n) is 7.80. The molecular formula is C9H8N2O3S. The van der Waals surface area contributed by atoms with E-state index in [2.05, 4.69) is 4.98 Å². The first-order valence-corrected chi connectivity index (χ1v) is 5.22. The fraction of sp³-hybridized carbons (Fsp3) is 0.444. The molecule has 0 radical (unpaired) electrons. The van der Waals surface area contributed by atoms with Crippen LogP contribution in [0, 0.1) is 11.3 Å². The lowest BCUT2D eigenvalue weighted by Gasteiger charge is -2.03. The Balaban J connectivity index is 2.10. The molecule has 0 bridgehead atoms. The Kier molecular flexibility index (Phi) is 3.06. The monoisotopic (exact) mass is 224 g/mol. The van der Waals surface area contributed by atoms with E-state index in [0.29, 0.717) is 18.2 Å². The third-order valence-electron chi connectivity index (χ3n) is 1.86. The number of hydrogen-bond acceptors (Lipinski definition) is 6. The van der Waals surface area contributed by atoms with Crippen LogP contribution in [0.5, 0.6) is 0 Å². The van der Waals surface area contributed by atoms with E-state index in [0.717, 1.165) is 4.88 Å². The number of rotatable bonds is 3. The van der Waals surface area contributed by atoms with E-state index in [-0.39, 0.29) is 12.2 Å². The maximum atomic E-state index is 11.3. The highest BCUT2D eigenvalue weighted by Crippen LogP contribution is 2.28. The fourth-order valence-corrected chi connectivity index (χ4v) is 2.05. The van der Waals surface area contributed by atoms with E-state index in [9.17, 15) is 4.79 Å². The van der Waals surface area contributed by atoms with Gasteiger partial charge in [0.2, 0.25) is 5.78 Å². The molecule has 0 spiro atoms. The molecule has 5 nitrogen and oxygen atoms in total. The summed E-state index contributed by atoms with van der Waals surface area (Å²) in [4.78, 5) is 16.0. The van der Waals surface area contributed by atoms with E-state index < -0.39 is 6.29 Å². The second-order valence-corrected chi connectivity index (χ2v) is 3.96. The van der Waals surface area contributed by atoms with Gasteiger partial charge in [-0.3, -0.25) is 4.79 Å². The second kappa shape index (κ2) is 4.49. The quantitative estimate of drug-likeness (QED) is 0.723. The van der Waals surface area contributed by atoms with E-state index in [1.807, 2.05) is 0 Å². The van der Waals surface area contributed by atoms with E-state index in [4.69, 9.17) is 14.7 Å². The van der Waals surface area contributed by atoms with E-state index in [1.54, 1.807) is 12.3 Å². The molecule has 1 aromatic heterocycles. The van der Waals surface area contributed by atoms with Crippen LogP contribution in [-0.4, -0.2) is 24.0 Å². The Morgan fingerprint density at radius 3 is 3.07 bits per heavy atom. The van der Waals surface area contributed by atoms with Crippen LogP contribution in [0.2, 0.25) is 0 Å². The Bertz CT molecular complexity index is 404. The zero-order valence-corrected chi connectivity index (χ0v) is 8.62. The number of nitrogens with zero attached hydrogens (tertiary/aromatic N) is 2. The number of nitriles is 1. The summed E-state index contributed by atoms with van der Waals surface area (Å²) in [6, 6.07) is 1.80. The predicted molar refractivity (Wildman–Crippen MR) is 51.3 cm³/mol. The van der Waals surface area contributed by atoms with Crippen molar-refractivity contribution >= 4 is 17.1 Å². The molecule has 1 aliphatic heterocycles. The lowest BCUT2D eigenvalue weighted by atomic mass is 10.3. The van der Waals surface area contributed by atoms with Gasteiger partial charge in [0.1, 0.15) is 6.42 Å². The molecule has 1 fully saturated rings. The molecule has 0 aromatic carbocycles. The summed E-state index contributed by atoms with van der Waals surface area (Å²) in [5.41, 5.74) is 0. The average Bonchev–Trinajstić information content (AvgIpc) is 2.89. The van der Waals surface area contributed by atoms with E-state index in [1.165, 1.54) is 11.3 Å². The molecule has 2 heterocycles. The summed E-state index contributed by atoms with van der Waals surface area (Å²) in [5, 5.41) is 8.71. The van der Waals surface area contributed by atoms with Crippen LogP contribution in [0.15, 0.2) is 6.20 Å². The number of carbonyl (C=O) groups is 1. The Morgan fingerprint density at radius 1 is 1.67 bits per heavy atom. The van der Waals surface area contributed by atoms with E-state index >= 15 is 0 Å². The molecule has 15 heavy (non-hydrogen) atoms. The number of Topliss-reactive ketones (excluding diaryl/α,β-unsaturated/α-hetero) is 1. The van der Waals surface area contributed by atoms with Crippen molar-refractivity contribution in [2.24, 2.45) is 0 Å². The van der Waals surface area contributed by atoms with Gasteiger partial charge in [0, 0.05) is 6.20 Å². The summed E-state index contributed by atoms with van der Waals surface area (Å²) in [6.45, 7) is 1.12. The highest BCUT2D eigenvalue weighted by Gasteiger charge is 2.22. The van der Waals surface area contributed by atoms with Crippen molar-refractivity contribution in [1.29, 1.82) is 5.26 Å². The van der Waals surface area contributed by atoms with Gasteiger partial charge >= 0.3 is 0 Å². The summed E-state index contributed by atoms with van der Waals surface area (Å²) in [7, 11) is 0. The van der Waals surface area contributed by atoms with Gasteiger partial charge in [-0.15, -0.1) is 11.3 Å². The van der Waals surface area contributed by atoms with Gasteiger partial charge in [0.15, 0.2) is 11.3 Å². The molecule has 0 saturated carbocycles. The number of hydrogen-bond donors (Lipinski definition) is 0. The predicted octanol–water partition coefficient (Wildman–Crippen LogP) is 1.28. The van der Waals surface area contributed by atoms with Crippen LogP contribution in [0.1, 0.15) is 27.4 Å². The molecule has 2 rings (SSSR count). The number of ether oxygens (including phenoxy) is 2. The first-order chi connectivity index (χ1) is 7.31. The minimum Gasteiger partial charge on any atom is -0.345 e. The van der Waals surface area contributed by atoms with Crippen molar-refractivity contribution < 1.29 is 14.3 Å². The second-order valence-electron chi connectivity index (χ2n) is 2.90. The fourth-order valence-electron chi connectivity index (χ4n) is 1.19. The van der Waals surface area contributed by atoms with Crippen LogP contribution >= 0.6 is 11.3 Å². The summed E-state index contributed by atoms with van der Waals surface area (Å²) in [6.07, 6.45) is 1.02. The molecular weight excluding hydrogens is 216 g/mol. The smallest absolute Gasteiger partial charge is 0.205 e. The molecule has 1 aromatic rings. The van der Waals surface area contributed by atoms with Gasteiger partial charge in [-0.25, -0.2) is 4.98 Å². The van der Waals surface area contributed by atoms with Gasteiger partial charge in [0.05, 0.1) is 24.2 Å². The highest BCUT2D eigenvalue weighted by molar-refractivity contribution is 7.13. The number of ketones is 1. The van der Waals surface area contributed by atoms with Crippen molar-refractivity contribution in [2.75, 3.05) is 13.2 Å². The lowest BCUT2D eigenvalue weighted by molar-refractivity contribution is -0.0414. The van der Waals surface area contributed by atoms with Crippen LogP contribution in [0.3, 0.4) is 0 Å². The summed E-state index contributed by atoms with van der Waals surface area (Å²) in [5.74, 6) is -0.258. The molecule has 78 valence electrons. The first-order valence-electron chi connectivity index (χ1n) is 4.40. The SMILES string of the molecule is N#CCC(=O)c1ncc(C2OCCO2)s1. The third kappa shape index (κ3) is 2.21. The van der Waals surface area contributed by atoms with Crippen LogP contribution in [0.4, 0.5) is 0 Å². The molecule has 0 atom stereocenters. The Morgan fingerprint density at radius 2 is 2.40 bits per heavy atom. The van der Waals surface area contributed by atoms with Crippen molar-refractivity contribution in [2.45, 2.75) is 12.7 Å². The van der Waals surface area contributed by atoms with Gasteiger partial charge in [-0.05, 0) is 0 Å². The van der Waals surface area contributed by atoms with Gasteiger partial charge in [-0.1, -0.05) is 0 Å². The molecule has 0 aliphatic carbocycles. The molecule has 0 N–H and O–H groups in total. The number of carbonyl (C=O) groups excluding carboxylic acids is 1. The Labute approximate surface area is 90.3 Å². The normalized spacial score (nSPS) is 16.5. The van der Waals surface area contributed by atoms with Crippen molar-refractivity contribution in [3.8, 4) is 6.07 Å². The minimum atomic E-state index is -0.397. The number of aromatic nitrogens is 1. The summed E-state index contributed by atoms with van der Waals surface area (Å²) >= 11 is 1.22. The molecule has 0 unspecified atom stereocenters. The molecule has 6 heteroatoms. The van der Waals surface area contributed by atoms with Crippen LogP contribution < -0.4 is 0 Å². The van der Waals surface area contributed by atoms with Gasteiger partial charge in [0.25, 0.3) is 0 Å². The van der Waals surface area contributed by atoms with Gasteiger partial charge < -0.3 is 9.47 Å². The highest BCUT2D eigenvalue weighted by atomic mass is 32.1. The largest absolute Gasteiger partial charge is 0.345 e. The van der Waals surface area contributed by atoms with Crippen molar-refractivity contribution in [1.82, 2.24) is 4.98 Å². The van der Waals surface area contributed by atoms with Crippen molar-refractivity contribution in [3.05, 3.63) is 16.1 Å². The minimum absolute atomic E-state index is 0.140. The molecule has 1 aliphatic rings. The standard InChI is InChI=1S/C9H8N2O3S/c10-2-1-6(12)8-11-5-7(15-8)9-13-3-4-14-9/h5,9H,1,3-4H2. The lowest BCUT2D eigenvalue weighted by Crippen LogP contribution is -1.95. The maximum absolute atomic E-state index is 11.3. The van der Waals surface area contributed by atoms with Crippen LogP contribution in [-0.2, 0) is 9.47 Å². The average molecular weight is 224 g/mol. The maximum Gasteiger partial charge on any atom is 0.205 e. The van der Waals surface area contributed by atoms with Gasteiger partial charge in [-0.2, -0.15) is 5.26 Å². The molecule has 1 saturated heterocycles. The zero-order chi connectivity index (χ0) is 10.7. The number of thiazole rings is 1. The van der Waals surface area contributed by atoms with Crippen LogP contribution in [0.25, 0.3) is 0 Å². The first kappa shape index (κ1) is 10.2. The molecule has 0 amide bonds. The Hall–Kier alpha value is -1.29. The third-order valence-corrected chi connectivity index (χ3v) is 2.92. The van der Waals surface area contributed by atoms with Crippen molar-refractivity contribution in [3.63, 3.8) is 0 Å². The topological polar surface area (TPSA) is 72.2 Å². The summed E-state index contributed by atoms with van der Waals surface area (Å²) < 4.78 is 10.5.